The SMILES string of the molecule is C[C@@H](CO)Nc1nc(N)c(N=O)c(OCC2CCCCC2)n1. The summed E-state index contributed by atoms with van der Waals surface area (Å²) in [5.41, 5.74) is 5.66. The molecule has 0 amide bonds. The van der Waals surface area contributed by atoms with Gasteiger partial charge in [0.15, 0.2) is 5.82 Å². The second-order valence-electron chi connectivity index (χ2n) is 5.72. The van der Waals surface area contributed by atoms with Crippen LogP contribution in [-0.4, -0.2) is 34.3 Å². The zero-order valence-electron chi connectivity index (χ0n) is 12.8. The van der Waals surface area contributed by atoms with Crippen molar-refractivity contribution < 1.29 is 9.84 Å². The Balaban J connectivity index is 2.10. The molecule has 1 atom stereocenters. The summed E-state index contributed by atoms with van der Waals surface area (Å²) in [6.07, 6.45) is 5.93. The lowest BCUT2D eigenvalue weighted by Gasteiger charge is -2.21. The number of nitrogens with zero attached hydrogens (tertiary/aromatic N) is 3. The number of nitrogen functional groups attached to an aromatic ring is 1. The fourth-order valence-electron chi connectivity index (χ4n) is 2.52. The van der Waals surface area contributed by atoms with Crippen LogP contribution in [0.15, 0.2) is 5.18 Å². The first-order valence-electron chi connectivity index (χ1n) is 7.65. The summed E-state index contributed by atoms with van der Waals surface area (Å²) in [6, 6.07) is -0.236. The topological polar surface area (TPSA) is 123 Å². The average molecular weight is 309 g/mol. The first-order valence-corrected chi connectivity index (χ1v) is 7.65. The van der Waals surface area contributed by atoms with Crippen molar-refractivity contribution in [2.24, 2.45) is 11.1 Å². The van der Waals surface area contributed by atoms with Gasteiger partial charge in [-0.1, -0.05) is 19.3 Å². The van der Waals surface area contributed by atoms with Gasteiger partial charge in [-0.05, 0) is 30.9 Å². The van der Waals surface area contributed by atoms with Crippen LogP contribution >= 0.6 is 0 Å². The van der Waals surface area contributed by atoms with E-state index in [-0.39, 0.29) is 36.0 Å². The van der Waals surface area contributed by atoms with E-state index in [9.17, 15) is 4.91 Å². The maximum absolute atomic E-state index is 10.9. The van der Waals surface area contributed by atoms with E-state index < -0.39 is 0 Å². The van der Waals surface area contributed by atoms with Gasteiger partial charge in [0.1, 0.15) is 0 Å². The van der Waals surface area contributed by atoms with Gasteiger partial charge in [-0.2, -0.15) is 9.97 Å². The van der Waals surface area contributed by atoms with Gasteiger partial charge < -0.3 is 20.9 Å². The van der Waals surface area contributed by atoms with E-state index in [4.69, 9.17) is 15.6 Å². The molecule has 22 heavy (non-hydrogen) atoms. The highest BCUT2D eigenvalue weighted by Crippen LogP contribution is 2.33. The Kier molecular flexibility index (Phi) is 5.88. The average Bonchev–Trinajstić information content (AvgIpc) is 2.53. The lowest BCUT2D eigenvalue weighted by Crippen LogP contribution is -2.22. The third kappa shape index (κ3) is 4.27. The van der Waals surface area contributed by atoms with E-state index in [2.05, 4.69) is 20.5 Å². The molecule has 1 aliphatic carbocycles. The van der Waals surface area contributed by atoms with Crippen molar-refractivity contribution in [2.75, 3.05) is 24.3 Å². The number of hydrogen-bond donors (Lipinski definition) is 3. The van der Waals surface area contributed by atoms with Crippen molar-refractivity contribution >= 4 is 17.5 Å². The van der Waals surface area contributed by atoms with Gasteiger partial charge in [-0.25, -0.2) is 0 Å². The van der Waals surface area contributed by atoms with E-state index in [1.165, 1.54) is 19.3 Å². The second-order valence-corrected chi connectivity index (χ2v) is 5.72. The number of aliphatic hydroxyl groups excluding tert-OH is 1. The van der Waals surface area contributed by atoms with Gasteiger partial charge in [-0.15, -0.1) is 4.91 Å². The minimum atomic E-state index is -0.236. The van der Waals surface area contributed by atoms with E-state index in [1.54, 1.807) is 6.92 Å². The quantitative estimate of drug-likeness (QED) is 0.660. The molecule has 122 valence electrons. The van der Waals surface area contributed by atoms with Gasteiger partial charge in [0.05, 0.1) is 13.2 Å². The highest BCUT2D eigenvalue weighted by Gasteiger charge is 2.19. The summed E-state index contributed by atoms with van der Waals surface area (Å²) in [5, 5.41) is 14.8. The Hall–Kier alpha value is -1.96. The van der Waals surface area contributed by atoms with Crippen molar-refractivity contribution in [1.29, 1.82) is 0 Å². The molecule has 0 aliphatic heterocycles. The van der Waals surface area contributed by atoms with Crippen LogP contribution in [0.1, 0.15) is 39.0 Å². The van der Waals surface area contributed by atoms with Gasteiger partial charge in [0.25, 0.3) is 5.88 Å². The highest BCUT2D eigenvalue weighted by molar-refractivity contribution is 5.65. The first kappa shape index (κ1) is 16.4. The molecule has 1 heterocycles. The molecule has 8 nitrogen and oxygen atoms in total. The maximum Gasteiger partial charge on any atom is 0.250 e. The number of nitrogens with two attached hydrogens (primary N) is 1. The number of nitroso groups, excluding NO2 is 1. The maximum atomic E-state index is 10.9. The molecule has 0 spiro atoms. The molecule has 0 saturated heterocycles. The minimum Gasteiger partial charge on any atom is -0.476 e. The highest BCUT2D eigenvalue weighted by atomic mass is 16.5. The number of ether oxygens (including phenoxy) is 1. The molecule has 1 aromatic rings. The van der Waals surface area contributed by atoms with Crippen molar-refractivity contribution in [1.82, 2.24) is 9.97 Å². The van der Waals surface area contributed by atoms with Crippen molar-refractivity contribution in [3.05, 3.63) is 4.91 Å². The largest absolute Gasteiger partial charge is 0.476 e. The van der Waals surface area contributed by atoms with E-state index in [0.717, 1.165) is 12.8 Å². The molecule has 1 fully saturated rings. The van der Waals surface area contributed by atoms with Crippen LogP contribution in [0.3, 0.4) is 0 Å². The summed E-state index contributed by atoms with van der Waals surface area (Å²) in [5.74, 6) is 0.749. The number of nitrogens with one attached hydrogen (secondary N) is 1. The van der Waals surface area contributed by atoms with Gasteiger partial charge in [0, 0.05) is 6.04 Å². The lowest BCUT2D eigenvalue weighted by molar-refractivity contribution is 0.203. The Labute approximate surface area is 129 Å². The normalized spacial score (nSPS) is 17.0. The molecule has 0 unspecified atom stereocenters. The summed E-state index contributed by atoms with van der Waals surface area (Å²) in [4.78, 5) is 19.0. The molecule has 0 aromatic carbocycles. The lowest BCUT2D eigenvalue weighted by atomic mass is 9.90. The molecule has 1 aromatic heterocycles. The van der Waals surface area contributed by atoms with E-state index >= 15 is 0 Å². The summed E-state index contributed by atoms with van der Waals surface area (Å²) in [7, 11) is 0. The second kappa shape index (κ2) is 7.88. The minimum absolute atomic E-state index is 0.0312. The summed E-state index contributed by atoms with van der Waals surface area (Å²) < 4.78 is 5.68. The predicted octanol–water partition coefficient (Wildman–Crippen LogP) is 2.21. The van der Waals surface area contributed by atoms with E-state index in [1.807, 2.05) is 0 Å². The third-order valence-corrected chi connectivity index (χ3v) is 3.80. The van der Waals surface area contributed by atoms with Gasteiger partial charge in [-0.3, -0.25) is 0 Å². The summed E-state index contributed by atoms with van der Waals surface area (Å²) >= 11 is 0. The van der Waals surface area contributed by atoms with Crippen LogP contribution in [0.4, 0.5) is 17.5 Å². The Morgan fingerprint density at radius 3 is 2.77 bits per heavy atom. The van der Waals surface area contributed by atoms with Crippen molar-refractivity contribution in [3.63, 3.8) is 0 Å². The number of hydrogen-bond acceptors (Lipinski definition) is 8. The van der Waals surface area contributed by atoms with Crippen molar-refractivity contribution in [3.8, 4) is 5.88 Å². The smallest absolute Gasteiger partial charge is 0.250 e. The number of aliphatic hydroxyl groups is 1. The third-order valence-electron chi connectivity index (χ3n) is 3.80. The van der Waals surface area contributed by atoms with Gasteiger partial charge in [0.2, 0.25) is 11.6 Å². The molecule has 0 radical (unpaired) electrons. The number of anilines is 2. The van der Waals surface area contributed by atoms with Gasteiger partial charge >= 0.3 is 0 Å². The monoisotopic (exact) mass is 309 g/mol. The molecular formula is C14H23N5O3. The number of aromatic nitrogens is 2. The van der Waals surface area contributed by atoms with Crippen LogP contribution in [0, 0.1) is 10.8 Å². The van der Waals surface area contributed by atoms with Crippen LogP contribution in [0.25, 0.3) is 0 Å². The fraction of sp³-hybridized carbons (Fsp3) is 0.714. The fourth-order valence-corrected chi connectivity index (χ4v) is 2.52. The zero-order chi connectivity index (χ0) is 15.9. The number of rotatable bonds is 7. The first-order chi connectivity index (χ1) is 10.6. The van der Waals surface area contributed by atoms with Crippen LogP contribution in [0.2, 0.25) is 0 Å². The molecule has 0 bridgehead atoms. The Morgan fingerprint density at radius 1 is 1.41 bits per heavy atom. The van der Waals surface area contributed by atoms with Crippen LogP contribution < -0.4 is 15.8 Å². The predicted molar refractivity (Wildman–Crippen MR) is 84.1 cm³/mol. The molecule has 8 heteroatoms. The van der Waals surface area contributed by atoms with Crippen LogP contribution in [-0.2, 0) is 0 Å². The standard InChI is InChI=1S/C14H23N5O3/c1-9(7-20)16-14-17-12(15)11(19-21)13(18-14)22-8-10-5-3-2-4-6-10/h9-10,20H,2-8H2,1H3,(H3,15,16,17,18)/t9-/m0/s1. The molecule has 1 aliphatic rings. The Bertz CT molecular complexity index is 505. The molecule has 1 saturated carbocycles. The van der Waals surface area contributed by atoms with Crippen LogP contribution in [0.5, 0.6) is 5.88 Å². The molecular weight excluding hydrogens is 286 g/mol. The molecule has 4 N–H and O–H groups in total. The zero-order valence-corrected chi connectivity index (χ0v) is 12.8. The van der Waals surface area contributed by atoms with Crippen molar-refractivity contribution in [2.45, 2.75) is 45.1 Å². The molecule has 2 rings (SSSR count). The Morgan fingerprint density at radius 2 is 2.14 bits per heavy atom. The van der Waals surface area contributed by atoms with E-state index in [0.29, 0.717) is 12.5 Å². The summed E-state index contributed by atoms with van der Waals surface area (Å²) in [6.45, 7) is 2.19.